The first-order chi connectivity index (χ1) is 11.5. The fourth-order valence-electron chi connectivity index (χ4n) is 2.80. The van der Waals surface area contributed by atoms with Crippen molar-refractivity contribution >= 4 is 39.8 Å². The van der Waals surface area contributed by atoms with Gasteiger partial charge in [-0.3, -0.25) is 4.98 Å². The van der Waals surface area contributed by atoms with Gasteiger partial charge >= 0.3 is 0 Å². The summed E-state index contributed by atoms with van der Waals surface area (Å²) in [6, 6.07) is 5.94. The molecule has 0 bridgehead atoms. The normalized spacial score (nSPS) is 12.8. The van der Waals surface area contributed by atoms with Crippen molar-refractivity contribution in [1.82, 2.24) is 9.88 Å². The maximum Gasteiger partial charge on any atom is 0.0827 e. The molecule has 6 heteroatoms. The van der Waals surface area contributed by atoms with E-state index in [9.17, 15) is 0 Å². The number of anilines is 1. The number of aliphatic hydroxyl groups is 1. The van der Waals surface area contributed by atoms with Crippen LogP contribution in [0, 0.1) is 0 Å². The van der Waals surface area contributed by atoms with Crippen LogP contribution in [0.5, 0.6) is 0 Å². The largest absolute Gasteiger partial charge is 0.395 e. The molecule has 0 radical (unpaired) electrons. The van der Waals surface area contributed by atoms with Crippen molar-refractivity contribution in [2.75, 3.05) is 31.6 Å². The van der Waals surface area contributed by atoms with E-state index in [-0.39, 0.29) is 12.6 Å². The molecule has 0 fully saturated rings. The Morgan fingerprint density at radius 3 is 2.79 bits per heavy atom. The number of nitrogens with zero attached hydrogens (tertiary/aromatic N) is 2. The molecule has 0 saturated heterocycles. The smallest absolute Gasteiger partial charge is 0.0827 e. The number of nitrogens with one attached hydrogen (secondary N) is 1. The first kappa shape index (κ1) is 19.3. The molecule has 1 heterocycles. The third-order valence-corrected chi connectivity index (χ3v) is 4.67. The Morgan fingerprint density at radius 2 is 2.08 bits per heavy atom. The Labute approximate surface area is 153 Å². The van der Waals surface area contributed by atoms with Crippen LogP contribution >= 0.6 is 23.2 Å². The number of rotatable bonds is 9. The number of aliphatic hydroxyl groups excluding tert-OH is 1. The van der Waals surface area contributed by atoms with E-state index in [4.69, 9.17) is 28.3 Å². The highest BCUT2D eigenvalue weighted by molar-refractivity contribution is 6.35. The van der Waals surface area contributed by atoms with Gasteiger partial charge in [-0.05, 0) is 51.1 Å². The monoisotopic (exact) mass is 369 g/mol. The van der Waals surface area contributed by atoms with Crippen molar-refractivity contribution in [1.29, 1.82) is 0 Å². The topological polar surface area (TPSA) is 48.4 Å². The molecule has 0 aliphatic rings. The number of hydrogen-bond acceptors (Lipinski definition) is 4. The van der Waals surface area contributed by atoms with Gasteiger partial charge in [0.05, 0.1) is 22.8 Å². The van der Waals surface area contributed by atoms with Crippen LogP contribution < -0.4 is 5.32 Å². The fourth-order valence-corrected chi connectivity index (χ4v) is 3.17. The minimum atomic E-state index is 0.211. The number of hydrogen-bond donors (Lipinski definition) is 2. The fraction of sp³-hybridized carbons (Fsp3) is 0.500. The second-order valence-electron chi connectivity index (χ2n) is 5.99. The van der Waals surface area contributed by atoms with Gasteiger partial charge in [0.15, 0.2) is 0 Å². The van der Waals surface area contributed by atoms with E-state index >= 15 is 0 Å². The number of aromatic nitrogens is 1. The summed E-state index contributed by atoms with van der Waals surface area (Å²) in [6.07, 6.45) is 3.75. The highest BCUT2D eigenvalue weighted by atomic mass is 35.5. The van der Waals surface area contributed by atoms with Crippen LogP contribution in [0.4, 0.5) is 5.69 Å². The highest BCUT2D eigenvalue weighted by Gasteiger charge is 2.11. The molecule has 1 unspecified atom stereocenters. The summed E-state index contributed by atoms with van der Waals surface area (Å²) in [5.74, 6) is 0. The molecule has 0 spiro atoms. The summed E-state index contributed by atoms with van der Waals surface area (Å²) in [5.41, 5.74) is 1.75. The van der Waals surface area contributed by atoms with Gasteiger partial charge in [-0.2, -0.15) is 0 Å². The zero-order chi connectivity index (χ0) is 17.5. The standard InChI is InChI=1S/C18H25Cl2N3O/c1-3-23(9-10-24)8-4-5-13(2)22-18-15-7-6-14(19)11-17(15)21-12-16(18)20/h6-7,11-13,24H,3-5,8-10H2,1-2H3,(H,21,22). The zero-order valence-corrected chi connectivity index (χ0v) is 15.7. The lowest BCUT2D eigenvalue weighted by atomic mass is 10.1. The first-order valence-electron chi connectivity index (χ1n) is 8.38. The Bertz CT molecular complexity index is 666. The van der Waals surface area contributed by atoms with Gasteiger partial charge in [0, 0.05) is 29.2 Å². The second-order valence-corrected chi connectivity index (χ2v) is 6.83. The second kappa shape index (κ2) is 9.42. The van der Waals surface area contributed by atoms with Gasteiger partial charge in [-0.25, -0.2) is 0 Å². The van der Waals surface area contributed by atoms with Crippen molar-refractivity contribution in [3.63, 3.8) is 0 Å². The molecule has 1 atom stereocenters. The molecule has 0 aliphatic heterocycles. The van der Waals surface area contributed by atoms with Crippen LogP contribution in [0.2, 0.25) is 10.0 Å². The molecule has 1 aromatic carbocycles. The summed E-state index contributed by atoms with van der Waals surface area (Å²) in [4.78, 5) is 6.59. The molecule has 0 amide bonds. The molecular formula is C18H25Cl2N3O. The lowest BCUT2D eigenvalue weighted by molar-refractivity contribution is 0.199. The minimum absolute atomic E-state index is 0.211. The van der Waals surface area contributed by atoms with Crippen molar-refractivity contribution in [3.05, 3.63) is 34.4 Å². The highest BCUT2D eigenvalue weighted by Crippen LogP contribution is 2.31. The molecule has 0 aliphatic carbocycles. The van der Waals surface area contributed by atoms with Gasteiger partial charge in [0.1, 0.15) is 0 Å². The van der Waals surface area contributed by atoms with E-state index in [0.717, 1.165) is 49.1 Å². The molecule has 2 aromatic rings. The number of pyridine rings is 1. The lowest BCUT2D eigenvalue weighted by Gasteiger charge is -2.21. The quantitative estimate of drug-likeness (QED) is 0.685. The van der Waals surface area contributed by atoms with Gasteiger partial charge < -0.3 is 15.3 Å². The van der Waals surface area contributed by atoms with Gasteiger partial charge in [0.2, 0.25) is 0 Å². The Kier molecular flexibility index (Phi) is 7.56. The van der Waals surface area contributed by atoms with Crippen molar-refractivity contribution < 1.29 is 5.11 Å². The molecule has 2 rings (SSSR count). The van der Waals surface area contributed by atoms with E-state index in [2.05, 4.69) is 29.0 Å². The predicted molar refractivity (Wildman–Crippen MR) is 103 cm³/mol. The van der Waals surface area contributed by atoms with Crippen LogP contribution in [0.25, 0.3) is 10.9 Å². The molecule has 4 nitrogen and oxygen atoms in total. The third-order valence-electron chi connectivity index (χ3n) is 4.15. The van der Waals surface area contributed by atoms with Crippen molar-refractivity contribution in [2.24, 2.45) is 0 Å². The number of halogens is 2. The van der Waals surface area contributed by atoms with Crippen LogP contribution in [-0.2, 0) is 0 Å². The van der Waals surface area contributed by atoms with Crippen LogP contribution in [0.3, 0.4) is 0 Å². The summed E-state index contributed by atoms with van der Waals surface area (Å²) in [6.45, 7) is 7.17. The van der Waals surface area contributed by atoms with E-state index in [0.29, 0.717) is 10.0 Å². The number of fused-ring (bicyclic) bond motifs is 1. The van der Waals surface area contributed by atoms with E-state index < -0.39 is 0 Å². The SMILES string of the molecule is CCN(CCO)CCCC(C)Nc1c(Cl)cnc2cc(Cl)ccc12. The maximum absolute atomic E-state index is 9.04. The van der Waals surface area contributed by atoms with E-state index in [1.165, 1.54) is 0 Å². The molecule has 2 N–H and O–H groups in total. The molecule has 1 aromatic heterocycles. The summed E-state index contributed by atoms with van der Waals surface area (Å²) in [7, 11) is 0. The Hall–Kier alpha value is -1.07. The first-order valence-corrected chi connectivity index (χ1v) is 9.14. The molecule has 24 heavy (non-hydrogen) atoms. The third kappa shape index (κ3) is 5.21. The minimum Gasteiger partial charge on any atom is -0.395 e. The number of likely N-dealkylation sites (N-methyl/N-ethyl adjacent to an activating group) is 1. The molecule has 0 saturated carbocycles. The Balaban J connectivity index is 2.00. The zero-order valence-electron chi connectivity index (χ0n) is 14.2. The maximum atomic E-state index is 9.04. The van der Waals surface area contributed by atoms with Crippen LogP contribution in [0.1, 0.15) is 26.7 Å². The van der Waals surface area contributed by atoms with Gasteiger partial charge in [0.25, 0.3) is 0 Å². The van der Waals surface area contributed by atoms with Crippen molar-refractivity contribution in [3.8, 4) is 0 Å². The molecular weight excluding hydrogens is 345 g/mol. The average molecular weight is 370 g/mol. The van der Waals surface area contributed by atoms with Crippen LogP contribution in [0.15, 0.2) is 24.4 Å². The average Bonchev–Trinajstić information content (AvgIpc) is 2.56. The van der Waals surface area contributed by atoms with Gasteiger partial charge in [-0.1, -0.05) is 30.1 Å². The predicted octanol–water partition coefficient (Wildman–Crippen LogP) is 4.44. The molecule has 132 valence electrons. The van der Waals surface area contributed by atoms with Crippen molar-refractivity contribution in [2.45, 2.75) is 32.7 Å². The number of benzene rings is 1. The van der Waals surface area contributed by atoms with E-state index in [1.807, 2.05) is 18.2 Å². The summed E-state index contributed by atoms with van der Waals surface area (Å²) < 4.78 is 0. The van der Waals surface area contributed by atoms with Crippen LogP contribution in [-0.4, -0.2) is 47.3 Å². The Morgan fingerprint density at radius 1 is 1.29 bits per heavy atom. The summed E-state index contributed by atoms with van der Waals surface area (Å²) >= 11 is 12.4. The van der Waals surface area contributed by atoms with Gasteiger partial charge in [-0.15, -0.1) is 0 Å². The lowest BCUT2D eigenvalue weighted by Crippen LogP contribution is -2.28. The summed E-state index contributed by atoms with van der Waals surface area (Å²) in [5, 5.41) is 14.8. The van der Waals surface area contributed by atoms with E-state index in [1.54, 1.807) is 6.20 Å².